The second kappa shape index (κ2) is 7.59. The van der Waals surface area contributed by atoms with Gasteiger partial charge in [0.1, 0.15) is 5.82 Å². The van der Waals surface area contributed by atoms with E-state index in [0.717, 1.165) is 29.7 Å². The fraction of sp³-hybridized carbons (Fsp3) is 0.174. The van der Waals surface area contributed by atoms with Crippen molar-refractivity contribution in [2.75, 3.05) is 10.6 Å². The minimum absolute atomic E-state index is 0.0147. The van der Waals surface area contributed by atoms with Crippen LogP contribution < -0.4 is 10.6 Å². The van der Waals surface area contributed by atoms with Crippen molar-refractivity contribution in [3.8, 4) is 11.3 Å². The molecule has 5 rings (SSSR count). The van der Waals surface area contributed by atoms with E-state index in [-0.39, 0.29) is 17.6 Å². The van der Waals surface area contributed by atoms with Crippen LogP contribution in [0, 0.1) is 11.7 Å². The van der Waals surface area contributed by atoms with Gasteiger partial charge in [-0.05, 0) is 42.7 Å². The Hall–Kier alpha value is -3.74. The molecule has 2 aromatic heterocycles. The summed E-state index contributed by atoms with van der Waals surface area (Å²) in [5.41, 5.74) is 4.03. The van der Waals surface area contributed by atoms with Crippen molar-refractivity contribution in [3.63, 3.8) is 0 Å². The molecule has 0 aliphatic heterocycles. The van der Waals surface area contributed by atoms with Crippen LogP contribution >= 0.6 is 0 Å². The highest BCUT2D eigenvalue weighted by atomic mass is 19.1. The number of fused-ring (bicyclic) bond motifs is 1. The Morgan fingerprint density at radius 2 is 1.83 bits per heavy atom. The lowest BCUT2D eigenvalue weighted by molar-refractivity contribution is -0.117. The summed E-state index contributed by atoms with van der Waals surface area (Å²) >= 11 is 0. The number of nitrogens with zero attached hydrogens (tertiary/aromatic N) is 3. The van der Waals surface area contributed by atoms with E-state index in [9.17, 15) is 9.18 Å². The largest absolute Gasteiger partial charge is 0.379 e. The van der Waals surface area contributed by atoms with Gasteiger partial charge in [-0.2, -0.15) is 4.98 Å². The SMILES string of the molecule is O=C(Nc1nc2cccc(-c3ccc(CNc4ccccc4F)cc3)n2n1)C1CC1. The highest BCUT2D eigenvalue weighted by Gasteiger charge is 2.30. The van der Waals surface area contributed by atoms with Crippen LogP contribution in [0.3, 0.4) is 0 Å². The van der Waals surface area contributed by atoms with Gasteiger partial charge in [-0.15, -0.1) is 5.10 Å². The molecule has 30 heavy (non-hydrogen) atoms. The van der Waals surface area contributed by atoms with Gasteiger partial charge in [0.2, 0.25) is 11.9 Å². The number of carbonyl (C=O) groups is 1. The van der Waals surface area contributed by atoms with Crippen LogP contribution in [0.15, 0.2) is 66.7 Å². The van der Waals surface area contributed by atoms with Crippen LogP contribution in [-0.2, 0) is 11.3 Å². The Morgan fingerprint density at radius 3 is 2.60 bits per heavy atom. The number of aromatic nitrogens is 3. The number of benzene rings is 2. The number of carbonyl (C=O) groups excluding carboxylic acids is 1. The Balaban J connectivity index is 1.35. The maximum Gasteiger partial charge on any atom is 0.249 e. The molecule has 0 bridgehead atoms. The lowest BCUT2D eigenvalue weighted by atomic mass is 10.1. The fourth-order valence-corrected chi connectivity index (χ4v) is 3.33. The molecule has 7 heteroatoms. The molecule has 0 saturated heterocycles. The first kappa shape index (κ1) is 18.3. The second-order valence-corrected chi connectivity index (χ2v) is 7.41. The van der Waals surface area contributed by atoms with E-state index in [1.165, 1.54) is 6.07 Å². The summed E-state index contributed by atoms with van der Waals surface area (Å²) in [5, 5.41) is 10.4. The van der Waals surface area contributed by atoms with Crippen molar-refractivity contribution in [1.29, 1.82) is 0 Å². The third-order valence-corrected chi connectivity index (χ3v) is 5.15. The molecular formula is C23H20FN5O. The minimum atomic E-state index is -0.267. The number of hydrogen-bond acceptors (Lipinski definition) is 4. The van der Waals surface area contributed by atoms with Crippen LogP contribution in [0.5, 0.6) is 0 Å². The molecule has 2 aromatic carbocycles. The maximum atomic E-state index is 13.8. The summed E-state index contributed by atoms with van der Waals surface area (Å²) in [4.78, 5) is 16.4. The van der Waals surface area contributed by atoms with Crippen LogP contribution in [0.4, 0.5) is 16.0 Å². The first-order valence-electron chi connectivity index (χ1n) is 9.92. The smallest absolute Gasteiger partial charge is 0.249 e. The summed E-state index contributed by atoms with van der Waals surface area (Å²) in [6.07, 6.45) is 1.87. The highest BCUT2D eigenvalue weighted by molar-refractivity contribution is 5.92. The third-order valence-electron chi connectivity index (χ3n) is 5.15. The summed E-state index contributed by atoms with van der Waals surface area (Å²) in [6.45, 7) is 0.520. The van der Waals surface area contributed by atoms with E-state index in [2.05, 4.69) is 20.7 Å². The number of amides is 1. The number of anilines is 2. The Labute approximate surface area is 172 Å². The quantitative estimate of drug-likeness (QED) is 0.499. The Morgan fingerprint density at radius 1 is 1.03 bits per heavy atom. The van der Waals surface area contributed by atoms with E-state index in [0.29, 0.717) is 23.8 Å². The molecule has 0 radical (unpaired) electrons. The number of para-hydroxylation sites is 1. The number of pyridine rings is 1. The minimum Gasteiger partial charge on any atom is -0.379 e. The summed E-state index contributed by atoms with van der Waals surface area (Å²) < 4.78 is 15.5. The van der Waals surface area contributed by atoms with E-state index in [4.69, 9.17) is 0 Å². The van der Waals surface area contributed by atoms with Gasteiger partial charge >= 0.3 is 0 Å². The van der Waals surface area contributed by atoms with Gasteiger partial charge < -0.3 is 5.32 Å². The van der Waals surface area contributed by atoms with Crippen LogP contribution in [0.1, 0.15) is 18.4 Å². The van der Waals surface area contributed by atoms with Gasteiger partial charge in [-0.25, -0.2) is 8.91 Å². The molecule has 0 unspecified atom stereocenters. The summed E-state index contributed by atoms with van der Waals surface area (Å²) in [7, 11) is 0. The molecule has 0 atom stereocenters. The van der Waals surface area contributed by atoms with Gasteiger partial charge in [-0.3, -0.25) is 10.1 Å². The van der Waals surface area contributed by atoms with E-state index >= 15 is 0 Å². The third kappa shape index (κ3) is 3.74. The van der Waals surface area contributed by atoms with E-state index in [1.54, 1.807) is 22.7 Å². The molecule has 1 saturated carbocycles. The molecule has 2 N–H and O–H groups in total. The molecule has 4 aromatic rings. The van der Waals surface area contributed by atoms with Crippen molar-refractivity contribution < 1.29 is 9.18 Å². The highest BCUT2D eigenvalue weighted by Crippen LogP contribution is 2.30. The first-order chi connectivity index (χ1) is 14.7. The van der Waals surface area contributed by atoms with Gasteiger partial charge in [0.15, 0.2) is 5.65 Å². The van der Waals surface area contributed by atoms with Gasteiger partial charge in [-0.1, -0.05) is 42.5 Å². The monoisotopic (exact) mass is 401 g/mol. The zero-order valence-corrected chi connectivity index (χ0v) is 16.2. The fourth-order valence-electron chi connectivity index (χ4n) is 3.33. The predicted molar refractivity (Wildman–Crippen MR) is 114 cm³/mol. The maximum absolute atomic E-state index is 13.8. The van der Waals surface area contributed by atoms with Crippen LogP contribution in [0.25, 0.3) is 16.9 Å². The normalized spacial score (nSPS) is 13.4. The molecule has 6 nitrogen and oxygen atoms in total. The van der Waals surface area contributed by atoms with Crippen LogP contribution in [-0.4, -0.2) is 20.5 Å². The van der Waals surface area contributed by atoms with Gasteiger partial charge in [0.05, 0.1) is 11.4 Å². The zero-order valence-electron chi connectivity index (χ0n) is 16.2. The molecular weight excluding hydrogens is 381 g/mol. The van der Waals surface area contributed by atoms with Gasteiger partial charge in [0, 0.05) is 18.0 Å². The molecule has 1 aliphatic rings. The Kier molecular flexibility index (Phi) is 4.63. The lowest BCUT2D eigenvalue weighted by Crippen LogP contribution is -2.14. The van der Waals surface area contributed by atoms with Crippen molar-refractivity contribution in [2.24, 2.45) is 5.92 Å². The van der Waals surface area contributed by atoms with E-state index < -0.39 is 0 Å². The van der Waals surface area contributed by atoms with Crippen LogP contribution in [0.2, 0.25) is 0 Å². The zero-order chi connectivity index (χ0) is 20.5. The molecule has 150 valence electrons. The van der Waals surface area contributed by atoms with Gasteiger partial charge in [0.25, 0.3) is 0 Å². The number of nitrogens with one attached hydrogen (secondary N) is 2. The molecule has 1 amide bonds. The lowest BCUT2D eigenvalue weighted by Gasteiger charge is -2.09. The number of halogens is 1. The number of hydrogen-bond donors (Lipinski definition) is 2. The molecule has 2 heterocycles. The average molecular weight is 401 g/mol. The van der Waals surface area contributed by atoms with Crippen molar-refractivity contribution in [2.45, 2.75) is 19.4 Å². The number of rotatable bonds is 6. The molecule has 1 aliphatic carbocycles. The van der Waals surface area contributed by atoms with E-state index in [1.807, 2.05) is 42.5 Å². The first-order valence-corrected chi connectivity index (χ1v) is 9.92. The molecule has 0 spiro atoms. The average Bonchev–Trinajstić information content (AvgIpc) is 3.53. The van der Waals surface area contributed by atoms with Crippen molar-refractivity contribution in [1.82, 2.24) is 14.6 Å². The molecule has 1 fully saturated rings. The topological polar surface area (TPSA) is 71.3 Å². The summed E-state index contributed by atoms with van der Waals surface area (Å²) in [6, 6.07) is 20.3. The predicted octanol–water partition coefficient (Wildman–Crippen LogP) is 4.50. The second-order valence-electron chi connectivity index (χ2n) is 7.41. The Bertz CT molecular complexity index is 1210. The van der Waals surface area contributed by atoms with Crippen molar-refractivity contribution in [3.05, 3.63) is 78.1 Å². The summed E-state index contributed by atoms with van der Waals surface area (Å²) in [5.74, 6) is 0.141. The standard InChI is InChI=1S/C23H20FN5O/c24-18-4-1-2-5-19(18)25-14-15-8-10-16(11-9-15)20-6-3-7-21-26-23(28-29(20)21)27-22(30)17-12-13-17/h1-11,17,25H,12-14H2,(H,27,28,30). The van der Waals surface area contributed by atoms with Crippen molar-refractivity contribution >= 4 is 23.2 Å².